The molecule has 3 heterocycles. The summed E-state index contributed by atoms with van der Waals surface area (Å²) in [6.45, 7) is 5.03. The number of thiophene rings is 1. The standard InChI is InChI=1S/C14H17N3OS/c1-9(2)11-6-13(18)16-14-12(11)7-15-17(14)8-10-4-3-5-19-10/h3-5,7,9,11H,6,8H2,1-2H3,(H,16,18). The number of aromatic nitrogens is 2. The van der Waals surface area contributed by atoms with Crippen LogP contribution in [0.4, 0.5) is 5.82 Å². The topological polar surface area (TPSA) is 46.9 Å². The van der Waals surface area contributed by atoms with Crippen LogP contribution in [0.5, 0.6) is 0 Å². The zero-order chi connectivity index (χ0) is 13.4. The zero-order valence-electron chi connectivity index (χ0n) is 11.1. The van der Waals surface area contributed by atoms with Gasteiger partial charge >= 0.3 is 0 Å². The predicted molar refractivity (Wildman–Crippen MR) is 76.5 cm³/mol. The molecule has 19 heavy (non-hydrogen) atoms. The van der Waals surface area contributed by atoms with E-state index in [1.807, 2.05) is 16.9 Å². The molecule has 0 saturated carbocycles. The molecule has 0 aliphatic carbocycles. The van der Waals surface area contributed by atoms with Gasteiger partial charge in [0.05, 0.1) is 12.7 Å². The Morgan fingerprint density at radius 1 is 1.58 bits per heavy atom. The highest BCUT2D eigenvalue weighted by Crippen LogP contribution is 2.37. The van der Waals surface area contributed by atoms with Crippen LogP contribution in [0.1, 0.15) is 36.6 Å². The molecule has 0 fully saturated rings. The summed E-state index contributed by atoms with van der Waals surface area (Å²) in [7, 11) is 0. The maximum absolute atomic E-state index is 11.8. The highest BCUT2D eigenvalue weighted by Gasteiger charge is 2.30. The fraction of sp³-hybridized carbons (Fsp3) is 0.429. The lowest BCUT2D eigenvalue weighted by atomic mass is 9.85. The highest BCUT2D eigenvalue weighted by atomic mass is 32.1. The molecule has 0 saturated heterocycles. The molecule has 2 aromatic rings. The van der Waals surface area contributed by atoms with E-state index in [1.54, 1.807) is 11.3 Å². The summed E-state index contributed by atoms with van der Waals surface area (Å²) in [4.78, 5) is 13.1. The second-order valence-electron chi connectivity index (χ2n) is 5.29. The van der Waals surface area contributed by atoms with Crippen molar-refractivity contribution in [2.24, 2.45) is 5.92 Å². The van der Waals surface area contributed by atoms with Gasteiger partial charge < -0.3 is 5.32 Å². The molecule has 0 radical (unpaired) electrons. The van der Waals surface area contributed by atoms with Gasteiger partial charge in [-0.1, -0.05) is 19.9 Å². The van der Waals surface area contributed by atoms with E-state index in [2.05, 4.69) is 35.7 Å². The number of nitrogens with one attached hydrogen (secondary N) is 1. The second kappa shape index (κ2) is 4.81. The van der Waals surface area contributed by atoms with Gasteiger partial charge in [0.2, 0.25) is 5.91 Å². The lowest BCUT2D eigenvalue weighted by Crippen LogP contribution is -2.26. The number of rotatable bonds is 3. The molecule has 0 bridgehead atoms. The largest absolute Gasteiger partial charge is 0.311 e. The summed E-state index contributed by atoms with van der Waals surface area (Å²) in [6, 6.07) is 4.12. The lowest BCUT2D eigenvalue weighted by molar-refractivity contribution is -0.117. The summed E-state index contributed by atoms with van der Waals surface area (Å²) in [6.07, 6.45) is 2.47. The smallest absolute Gasteiger partial charge is 0.226 e. The fourth-order valence-electron chi connectivity index (χ4n) is 2.57. The number of amides is 1. The molecule has 1 aliphatic rings. The summed E-state index contributed by atoms with van der Waals surface area (Å²) in [5.74, 6) is 1.70. The quantitative estimate of drug-likeness (QED) is 0.935. The third-order valence-electron chi connectivity index (χ3n) is 3.62. The van der Waals surface area contributed by atoms with Crippen molar-refractivity contribution in [1.29, 1.82) is 0 Å². The van der Waals surface area contributed by atoms with E-state index in [0.717, 1.165) is 12.4 Å². The molecule has 5 heteroatoms. The monoisotopic (exact) mass is 275 g/mol. The summed E-state index contributed by atoms with van der Waals surface area (Å²) in [5.41, 5.74) is 1.17. The molecule has 0 aromatic carbocycles. The molecule has 1 aliphatic heterocycles. The van der Waals surface area contributed by atoms with E-state index in [-0.39, 0.29) is 11.8 Å². The number of carbonyl (C=O) groups is 1. The molecule has 0 spiro atoms. The third kappa shape index (κ3) is 2.30. The number of carbonyl (C=O) groups excluding carboxylic acids is 1. The van der Waals surface area contributed by atoms with Gasteiger partial charge in [-0.25, -0.2) is 4.68 Å². The SMILES string of the molecule is CC(C)C1CC(=O)Nc2c1cnn2Cc1cccs1. The minimum atomic E-state index is 0.0964. The van der Waals surface area contributed by atoms with Crippen LogP contribution in [0, 0.1) is 5.92 Å². The van der Waals surface area contributed by atoms with Gasteiger partial charge in [-0.05, 0) is 17.4 Å². The van der Waals surface area contributed by atoms with Crippen LogP contribution < -0.4 is 5.32 Å². The second-order valence-corrected chi connectivity index (χ2v) is 6.32. The van der Waals surface area contributed by atoms with Gasteiger partial charge in [0.1, 0.15) is 5.82 Å². The van der Waals surface area contributed by atoms with E-state index < -0.39 is 0 Å². The number of anilines is 1. The molecule has 4 nitrogen and oxygen atoms in total. The predicted octanol–water partition coefficient (Wildman–Crippen LogP) is 3.07. The maximum atomic E-state index is 11.8. The number of nitrogens with zero attached hydrogens (tertiary/aromatic N) is 2. The number of fused-ring (bicyclic) bond motifs is 1. The first-order chi connectivity index (χ1) is 9.15. The van der Waals surface area contributed by atoms with Crippen LogP contribution in [0.25, 0.3) is 0 Å². The summed E-state index contributed by atoms with van der Waals surface area (Å²) in [5, 5.41) is 9.48. The first-order valence-electron chi connectivity index (χ1n) is 6.53. The van der Waals surface area contributed by atoms with Crippen LogP contribution in [0.15, 0.2) is 23.7 Å². The van der Waals surface area contributed by atoms with E-state index >= 15 is 0 Å². The lowest BCUT2D eigenvalue weighted by Gasteiger charge is -2.26. The van der Waals surface area contributed by atoms with Crippen molar-refractivity contribution in [3.63, 3.8) is 0 Å². The first kappa shape index (κ1) is 12.4. The molecule has 3 rings (SSSR count). The molecule has 1 amide bonds. The van der Waals surface area contributed by atoms with Gasteiger partial charge in [0, 0.05) is 22.8 Å². The molecule has 1 N–H and O–H groups in total. The average Bonchev–Trinajstić information content (AvgIpc) is 2.99. The van der Waals surface area contributed by atoms with Crippen LogP contribution in [0.3, 0.4) is 0 Å². The van der Waals surface area contributed by atoms with Crippen molar-refractivity contribution in [3.05, 3.63) is 34.2 Å². The van der Waals surface area contributed by atoms with Crippen LogP contribution in [-0.4, -0.2) is 15.7 Å². The first-order valence-corrected chi connectivity index (χ1v) is 7.41. The van der Waals surface area contributed by atoms with Crippen molar-refractivity contribution in [3.8, 4) is 0 Å². The zero-order valence-corrected chi connectivity index (χ0v) is 11.9. The van der Waals surface area contributed by atoms with Gasteiger partial charge in [0.15, 0.2) is 0 Å². The molecule has 2 aromatic heterocycles. The fourth-order valence-corrected chi connectivity index (χ4v) is 3.25. The van der Waals surface area contributed by atoms with Gasteiger partial charge in [0.25, 0.3) is 0 Å². The van der Waals surface area contributed by atoms with Gasteiger partial charge in [-0.3, -0.25) is 4.79 Å². The Labute approximate surface area is 116 Å². The minimum absolute atomic E-state index is 0.0964. The number of hydrogen-bond acceptors (Lipinski definition) is 3. The van der Waals surface area contributed by atoms with E-state index in [1.165, 1.54) is 10.4 Å². The van der Waals surface area contributed by atoms with Crippen LogP contribution in [0.2, 0.25) is 0 Å². The van der Waals surface area contributed by atoms with Crippen molar-refractivity contribution < 1.29 is 4.79 Å². The number of hydrogen-bond donors (Lipinski definition) is 1. The highest BCUT2D eigenvalue weighted by molar-refractivity contribution is 7.09. The molecular weight excluding hydrogens is 258 g/mol. The Kier molecular flexibility index (Phi) is 3.14. The molecule has 1 unspecified atom stereocenters. The molecule has 1 atom stereocenters. The molecular formula is C14H17N3OS. The summed E-state index contributed by atoms with van der Waals surface area (Å²) < 4.78 is 1.90. The minimum Gasteiger partial charge on any atom is -0.311 e. The Balaban J connectivity index is 1.95. The Bertz CT molecular complexity index is 586. The van der Waals surface area contributed by atoms with Crippen molar-refractivity contribution >= 4 is 23.1 Å². The van der Waals surface area contributed by atoms with Gasteiger partial charge in [-0.2, -0.15) is 5.10 Å². The molecule has 100 valence electrons. The maximum Gasteiger partial charge on any atom is 0.226 e. The van der Waals surface area contributed by atoms with Crippen molar-refractivity contribution in [2.75, 3.05) is 5.32 Å². The summed E-state index contributed by atoms with van der Waals surface area (Å²) >= 11 is 1.71. The average molecular weight is 275 g/mol. The van der Waals surface area contributed by atoms with Gasteiger partial charge in [-0.15, -0.1) is 11.3 Å². The van der Waals surface area contributed by atoms with Crippen molar-refractivity contribution in [1.82, 2.24) is 9.78 Å². The van der Waals surface area contributed by atoms with Crippen LogP contribution >= 0.6 is 11.3 Å². The van der Waals surface area contributed by atoms with E-state index in [0.29, 0.717) is 12.3 Å². The third-order valence-corrected chi connectivity index (χ3v) is 4.48. The Morgan fingerprint density at radius 2 is 2.42 bits per heavy atom. The van der Waals surface area contributed by atoms with E-state index in [9.17, 15) is 4.79 Å². The van der Waals surface area contributed by atoms with Crippen molar-refractivity contribution in [2.45, 2.75) is 32.7 Å². The normalized spacial score (nSPS) is 18.5. The Morgan fingerprint density at radius 3 is 3.11 bits per heavy atom. The van der Waals surface area contributed by atoms with Crippen LogP contribution in [-0.2, 0) is 11.3 Å². The van der Waals surface area contributed by atoms with E-state index in [4.69, 9.17) is 0 Å². The Hall–Kier alpha value is -1.62.